The number of pyridine rings is 1. The van der Waals surface area contributed by atoms with Crippen molar-refractivity contribution in [3.05, 3.63) is 99.0 Å². The fourth-order valence-electron chi connectivity index (χ4n) is 3.26. The van der Waals surface area contributed by atoms with Gasteiger partial charge in [0.05, 0.1) is 13.2 Å². The number of H-pyrrole nitrogens is 1. The number of aryl methyl sites for hydroxylation is 1. The van der Waals surface area contributed by atoms with Gasteiger partial charge in [-0.25, -0.2) is 0 Å². The van der Waals surface area contributed by atoms with E-state index >= 15 is 0 Å². The largest absolute Gasteiger partial charge is 0.496 e. The molecule has 1 atom stereocenters. The van der Waals surface area contributed by atoms with Gasteiger partial charge < -0.3 is 15.0 Å². The van der Waals surface area contributed by atoms with E-state index in [-0.39, 0.29) is 0 Å². The van der Waals surface area contributed by atoms with Crippen LogP contribution in [0.2, 0.25) is 0 Å². The molecule has 162 valence electrons. The van der Waals surface area contributed by atoms with Crippen molar-refractivity contribution in [2.75, 3.05) is 7.11 Å². The van der Waals surface area contributed by atoms with Crippen molar-refractivity contribution < 1.29 is 22.7 Å². The second-order valence-electron chi connectivity index (χ2n) is 6.86. The maximum atomic E-state index is 12.9. The highest BCUT2D eigenvalue weighted by atomic mass is 19.4. The monoisotopic (exact) mass is 430 g/mol. The van der Waals surface area contributed by atoms with E-state index in [2.05, 4.69) is 5.32 Å². The Balaban J connectivity index is 2.03. The third-order valence-electron chi connectivity index (χ3n) is 4.88. The summed E-state index contributed by atoms with van der Waals surface area (Å²) in [6, 6.07) is 15.5. The van der Waals surface area contributed by atoms with Gasteiger partial charge in [-0.05, 0) is 35.7 Å². The van der Waals surface area contributed by atoms with Gasteiger partial charge >= 0.3 is 6.18 Å². The summed E-state index contributed by atoms with van der Waals surface area (Å²) in [4.78, 5) is 26.8. The fraction of sp³-hybridized carbons (Fsp3) is 0.217. The van der Waals surface area contributed by atoms with Gasteiger partial charge in [0.25, 0.3) is 11.5 Å². The number of para-hydroxylation sites is 1. The SMILES string of the molecule is CCc1cccc(C(NC(=O)c2ccc(C(F)(F)F)[nH]c2=O)c2ccccc2OC)c1. The van der Waals surface area contributed by atoms with E-state index in [1.807, 2.05) is 31.2 Å². The maximum absolute atomic E-state index is 12.9. The Kier molecular flexibility index (Phi) is 6.48. The Morgan fingerprint density at radius 2 is 1.84 bits per heavy atom. The number of amides is 1. The van der Waals surface area contributed by atoms with Crippen LogP contribution in [0.4, 0.5) is 13.2 Å². The van der Waals surface area contributed by atoms with Gasteiger partial charge in [0.2, 0.25) is 0 Å². The Morgan fingerprint density at radius 1 is 1.10 bits per heavy atom. The predicted octanol–water partition coefficient (Wildman–Crippen LogP) is 4.48. The molecule has 2 aromatic carbocycles. The predicted molar refractivity (Wildman–Crippen MR) is 110 cm³/mol. The van der Waals surface area contributed by atoms with Crippen molar-refractivity contribution in [2.24, 2.45) is 0 Å². The van der Waals surface area contributed by atoms with E-state index in [4.69, 9.17) is 4.74 Å². The number of nitrogens with one attached hydrogen (secondary N) is 2. The number of aromatic amines is 1. The molecule has 0 radical (unpaired) electrons. The molecular formula is C23H21F3N2O3. The molecule has 8 heteroatoms. The standard InChI is InChI=1S/C23H21F3N2O3/c1-3-14-7-6-8-15(13-14)20(16-9-4-5-10-18(16)31-2)28-22(30)17-11-12-19(23(24,25)26)27-21(17)29/h4-13,20H,3H2,1-2H3,(H,27,29)(H,28,30). The molecule has 0 saturated heterocycles. The zero-order valence-corrected chi connectivity index (χ0v) is 16.9. The van der Waals surface area contributed by atoms with Crippen molar-refractivity contribution in [2.45, 2.75) is 25.6 Å². The smallest absolute Gasteiger partial charge is 0.431 e. The second-order valence-corrected chi connectivity index (χ2v) is 6.86. The van der Waals surface area contributed by atoms with Crippen molar-refractivity contribution >= 4 is 5.91 Å². The fourth-order valence-corrected chi connectivity index (χ4v) is 3.26. The lowest BCUT2D eigenvalue weighted by Gasteiger charge is -2.22. The summed E-state index contributed by atoms with van der Waals surface area (Å²) in [6.45, 7) is 2.00. The van der Waals surface area contributed by atoms with Crippen LogP contribution < -0.4 is 15.6 Å². The lowest BCUT2D eigenvalue weighted by Crippen LogP contribution is -2.34. The van der Waals surface area contributed by atoms with Crippen LogP contribution in [-0.4, -0.2) is 18.0 Å². The molecule has 0 aliphatic rings. The molecule has 2 N–H and O–H groups in total. The Bertz CT molecular complexity index is 1140. The molecule has 5 nitrogen and oxygen atoms in total. The quantitative estimate of drug-likeness (QED) is 0.606. The number of ether oxygens (including phenoxy) is 1. The molecule has 0 aliphatic heterocycles. The zero-order chi connectivity index (χ0) is 22.6. The van der Waals surface area contributed by atoms with E-state index in [9.17, 15) is 22.8 Å². The highest BCUT2D eigenvalue weighted by Crippen LogP contribution is 2.31. The first kappa shape index (κ1) is 22.1. The molecule has 31 heavy (non-hydrogen) atoms. The maximum Gasteiger partial charge on any atom is 0.431 e. The summed E-state index contributed by atoms with van der Waals surface area (Å²) in [5.41, 5.74) is -0.312. The van der Waals surface area contributed by atoms with E-state index < -0.39 is 34.9 Å². The van der Waals surface area contributed by atoms with Crippen LogP contribution in [0, 0.1) is 0 Å². The minimum Gasteiger partial charge on any atom is -0.496 e. The summed E-state index contributed by atoms with van der Waals surface area (Å²) in [7, 11) is 1.50. The van der Waals surface area contributed by atoms with Gasteiger partial charge in [0.15, 0.2) is 0 Å². The summed E-state index contributed by atoms with van der Waals surface area (Å²) in [5.74, 6) is -0.274. The molecule has 1 heterocycles. The van der Waals surface area contributed by atoms with Gasteiger partial charge in [-0.1, -0.05) is 49.4 Å². The van der Waals surface area contributed by atoms with Crippen LogP contribution in [-0.2, 0) is 12.6 Å². The molecule has 3 aromatic rings. The van der Waals surface area contributed by atoms with Gasteiger partial charge in [-0.15, -0.1) is 0 Å². The number of carbonyl (C=O) groups excluding carboxylic acids is 1. The molecule has 0 saturated carbocycles. The van der Waals surface area contributed by atoms with Crippen LogP contribution in [0.15, 0.2) is 65.5 Å². The first-order valence-electron chi connectivity index (χ1n) is 9.57. The highest BCUT2D eigenvalue weighted by molar-refractivity contribution is 5.94. The third kappa shape index (κ3) is 4.96. The molecule has 1 unspecified atom stereocenters. The third-order valence-corrected chi connectivity index (χ3v) is 4.88. The summed E-state index contributed by atoms with van der Waals surface area (Å²) >= 11 is 0. The van der Waals surface area contributed by atoms with Crippen LogP contribution >= 0.6 is 0 Å². The molecule has 0 fully saturated rings. The number of hydrogen-bond acceptors (Lipinski definition) is 3. The van der Waals surface area contributed by atoms with Crippen LogP contribution in [0.3, 0.4) is 0 Å². The average Bonchev–Trinajstić information content (AvgIpc) is 2.76. The van der Waals surface area contributed by atoms with E-state index in [1.165, 1.54) is 7.11 Å². The summed E-state index contributed by atoms with van der Waals surface area (Å²) < 4.78 is 43.9. The van der Waals surface area contributed by atoms with Gasteiger partial charge in [0, 0.05) is 5.56 Å². The number of aromatic nitrogens is 1. The molecule has 0 aliphatic carbocycles. The number of methoxy groups -OCH3 is 1. The average molecular weight is 430 g/mol. The van der Waals surface area contributed by atoms with Crippen LogP contribution in [0.25, 0.3) is 0 Å². The molecule has 1 amide bonds. The Labute approximate surface area is 176 Å². The van der Waals surface area contributed by atoms with Crippen molar-refractivity contribution in [1.82, 2.24) is 10.3 Å². The molecular weight excluding hydrogens is 409 g/mol. The van der Waals surface area contributed by atoms with Gasteiger partial charge in [-0.3, -0.25) is 9.59 Å². The Hall–Kier alpha value is -3.55. The number of rotatable bonds is 6. The lowest BCUT2D eigenvalue weighted by atomic mass is 9.95. The minimum absolute atomic E-state index is 0.417. The van der Waals surface area contributed by atoms with E-state index in [0.717, 1.165) is 23.6 Å². The zero-order valence-electron chi connectivity index (χ0n) is 16.9. The second kappa shape index (κ2) is 9.07. The normalized spacial score (nSPS) is 12.3. The van der Waals surface area contributed by atoms with E-state index in [1.54, 1.807) is 29.2 Å². The lowest BCUT2D eigenvalue weighted by molar-refractivity contribution is -0.141. The molecule has 0 spiro atoms. The first-order valence-corrected chi connectivity index (χ1v) is 9.57. The van der Waals surface area contributed by atoms with Crippen molar-refractivity contribution in [3.63, 3.8) is 0 Å². The Morgan fingerprint density at radius 3 is 2.48 bits per heavy atom. The number of alkyl halides is 3. The molecule has 3 rings (SSSR count). The van der Waals surface area contributed by atoms with Gasteiger partial charge in [0.1, 0.15) is 17.0 Å². The first-order chi connectivity index (χ1) is 14.7. The number of halogens is 3. The highest BCUT2D eigenvalue weighted by Gasteiger charge is 2.32. The summed E-state index contributed by atoms with van der Waals surface area (Å²) in [5, 5.41) is 2.77. The number of carbonyl (C=O) groups is 1. The summed E-state index contributed by atoms with van der Waals surface area (Å²) in [6.07, 6.45) is -3.94. The van der Waals surface area contributed by atoms with Crippen LogP contribution in [0.1, 0.15) is 45.7 Å². The van der Waals surface area contributed by atoms with Crippen LogP contribution in [0.5, 0.6) is 5.75 Å². The van der Waals surface area contributed by atoms with Crippen molar-refractivity contribution in [1.29, 1.82) is 0 Å². The topological polar surface area (TPSA) is 71.2 Å². The van der Waals surface area contributed by atoms with E-state index in [0.29, 0.717) is 17.4 Å². The van der Waals surface area contributed by atoms with Crippen molar-refractivity contribution in [3.8, 4) is 5.75 Å². The molecule has 1 aromatic heterocycles. The minimum atomic E-state index is -4.71. The molecule has 0 bridgehead atoms. The number of hydrogen-bond donors (Lipinski definition) is 2. The number of benzene rings is 2. The van der Waals surface area contributed by atoms with Gasteiger partial charge in [-0.2, -0.15) is 13.2 Å².